The van der Waals surface area contributed by atoms with Crippen molar-refractivity contribution in [3.8, 4) is 0 Å². The molecule has 3 N–H and O–H groups in total. The number of nitrogens with zero attached hydrogens (tertiary/aromatic N) is 1. The van der Waals surface area contributed by atoms with Gasteiger partial charge >= 0.3 is 0 Å². The van der Waals surface area contributed by atoms with E-state index in [4.69, 9.17) is 11.1 Å². The second kappa shape index (κ2) is 5.82. The van der Waals surface area contributed by atoms with Crippen LogP contribution >= 0.6 is 0 Å². The lowest BCUT2D eigenvalue weighted by Gasteiger charge is -2.21. The first-order valence-corrected chi connectivity index (χ1v) is 6.42. The van der Waals surface area contributed by atoms with Crippen LogP contribution in [0.15, 0.2) is 24.3 Å². The topological polar surface area (TPSA) is 53.1 Å². The van der Waals surface area contributed by atoms with Crippen molar-refractivity contribution >= 4 is 5.84 Å². The number of likely N-dealkylation sites (tertiary alicyclic amines) is 1. The zero-order valence-electron chi connectivity index (χ0n) is 10.3. The van der Waals surface area contributed by atoms with E-state index in [9.17, 15) is 0 Å². The lowest BCUT2D eigenvalue weighted by molar-refractivity contribution is 0.277. The highest BCUT2D eigenvalue weighted by molar-refractivity contribution is 5.96. The van der Waals surface area contributed by atoms with Crippen molar-refractivity contribution in [3.05, 3.63) is 35.4 Å². The van der Waals surface area contributed by atoms with Crippen LogP contribution in [0, 0.1) is 5.41 Å². The zero-order chi connectivity index (χ0) is 12.1. The van der Waals surface area contributed by atoms with Gasteiger partial charge in [0.05, 0.1) is 0 Å². The second-order valence-corrected chi connectivity index (χ2v) is 4.76. The summed E-state index contributed by atoms with van der Waals surface area (Å²) < 4.78 is 0. The molecule has 92 valence electrons. The molecule has 0 bridgehead atoms. The van der Waals surface area contributed by atoms with Gasteiger partial charge in [0.2, 0.25) is 0 Å². The molecular weight excluding hydrogens is 210 g/mol. The molecule has 17 heavy (non-hydrogen) atoms. The van der Waals surface area contributed by atoms with E-state index in [2.05, 4.69) is 11.0 Å². The molecule has 0 aromatic heterocycles. The summed E-state index contributed by atoms with van der Waals surface area (Å²) in [7, 11) is 0. The van der Waals surface area contributed by atoms with Gasteiger partial charge in [0.1, 0.15) is 5.84 Å². The monoisotopic (exact) mass is 231 g/mol. The minimum absolute atomic E-state index is 0.176. The summed E-state index contributed by atoms with van der Waals surface area (Å²) in [6.45, 7) is 3.27. The van der Waals surface area contributed by atoms with Gasteiger partial charge in [-0.25, -0.2) is 0 Å². The van der Waals surface area contributed by atoms with E-state index in [1.807, 2.05) is 18.2 Å². The Balaban J connectivity index is 2.09. The molecule has 1 aromatic rings. The molecule has 3 nitrogen and oxygen atoms in total. The lowest BCUT2D eigenvalue weighted by Crippen LogP contribution is -2.26. The average molecular weight is 231 g/mol. The minimum Gasteiger partial charge on any atom is -0.384 e. The largest absolute Gasteiger partial charge is 0.384 e. The minimum atomic E-state index is 0.176. The van der Waals surface area contributed by atoms with E-state index >= 15 is 0 Å². The first kappa shape index (κ1) is 12.1. The summed E-state index contributed by atoms with van der Waals surface area (Å²) >= 11 is 0. The van der Waals surface area contributed by atoms with Gasteiger partial charge in [-0.1, -0.05) is 37.1 Å². The highest BCUT2D eigenvalue weighted by Gasteiger charge is 2.12. The van der Waals surface area contributed by atoms with E-state index in [1.165, 1.54) is 44.3 Å². The lowest BCUT2D eigenvalue weighted by atomic mass is 10.1. The van der Waals surface area contributed by atoms with Gasteiger partial charge in [0.15, 0.2) is 0 Å². The van der Waals surface area contributed by atoms with E-state index in [1.54, 1.807) is 0 Å². The van der Waals surface area contributed by atoms with Crippen LogP contribution in [0.3, 0.4) is 0 Å². The molecule has 0 saturated carbocycles. The summed E-state index contributed by atoms with van der Waals surface area (Å²) in [6, 6.07) is 8.00. The third-order valence-corrected chi connectivity index (χ3v) is 3.40. The summed E-state index contributed by atoms with van der Waals surface area (Å²) in [5.41, 5.74) is 7.68. The molecule has 1 aromatic carbocycles. The Hall–Kier alpha value is -1.35. The summed E-state index contributed by atoms with van der Waals surface area (Å²) in [4.78, 5) is 2.48. The quantitative estimate of drug-likeness (QED) is 0.619. The van der Waals surface area contributed by atoms with Gasteiger partial charge in [-0.15, -0.1) is 0 Å². The molecule has 1 heterocycles. The standard InChI is InChI=1S/C14H21N3/c15-14(16)13-8-4-3-7-12(13)11-17-9-5-1-2-6-10-17/h3-4,7-8H,1-2,5-6,9-11H2,(H3,15,16). The Morgan fingerprint density at radius 3 is 2.41 bits per heavy atom. The van der Waals surface area contributed by atoms with Crippen molar-refractivity contribution in [1.29, 1.82) is 5.41 Å². The van der Waals surface area contributed by atoms with Crippen LogP contribution in [0.4, 0.5) is 0 Å². The number of rotatable bonds is 3. The van der Waals surface area contributed by atoms with Gasteiger partial charge in [-0.3, -0.25) is 10.3 Å². The van der Waals surface area contributed by atoms with Crippen LogP contribution in [0.25, 0.3) is 0 Å². The van der Waals surface area contributed by atoms with Gasteiger partial charge in [0.25, 0.3) is 0 Å². The van der Waals surface area contributed by atoms with Crippen molar-refractivity contribution in [2.24, 2.45) is 5.73 Å². The predicted octanol–water partition coefficient (Wildman–Crippen LogP) is 2.35. The maximum Gasteiger partial charge on any atom is 0.123 e. The fraction of sp³-hybridized carbons (Fsp3) is 0.500. The van der Waals surface area contributed by atoms with E-state index in [-0.39, 0.29) is 5.84 Å². The van der Waals surface area contributed by atoms with Gasteiger partial charge in [-0.05, 0) is 31.5 Å². The molecule has 2 rings (SSSR count). The first-order valence-electron chi connectivity index (χ1n) is 6.42. The molecule has 1 fully saturated rings. The highest BCUT2D eigenvalue weighted by atomic mass is 15.1. The number of nitrogen functional groups attached to an aromatic ring is 1. The molecule has 0 atom stereocenters. The third kappa shape index (κ3) is 3.30. The molecule has 0 radical (unpaired) electrons. The summed E-state index contributed by atoms with van der Waals surface area (Å²) in [5.74, 6) is 0.176. The number of hydrogen-bond donors (Lipinski definition) is 2. The maximum atomic E-state index is 7.60. The van der Waals surface area contributed by atoms with Crippen molar-refractivity contribution in [2.75, 3.05) is 13.1 Å². The van der Waals surface area contributed by atoms with Crippen molar-refractivity contribution < 1.29 is 0 Å². The van der Waals surface area contributed by atoms with Crippen LogP contribution in [0.5, 0.6) is 0 Å². The van der Waals surface area contributed by atoms with Gasteiger partial charge in [0, 0.05) is 12.1 Å². The molecule has 3 heteroatoms. The van der Waals surface area contributed by atoms with Crippen LogP contribution in [-0.2, 0) is 6.54 Å². The Morgan fingerprint density at radius 2 is 1.76 bits per heavy atom. The van der Waals surface area contributed by atoms with Crippen LogP contribution in [0.1, 0.15) is 36.8 Å². The predicted molar refractivity (Wildman–Crippen MR) is 71.2 cm³/mol. The molecule has 1 aliphatic rings. The smallest absolute Gasteiger partial charge is 0.123 e. The van der Waals surface area contributed by atoms with Crippen LogP contribution < -0.4 is 5.73 Å². The fourth-order valence-electron chi connectivity index (χ4n) is 2.46. The number of benzene rings is 1. The van der Waals surface area contributed by atoms with Crippen LogP contribution in [0.2, 0.25) is 0 Å². The number of nitrogens with one attached hydrogen (secondary N) is 1. The zero-order valence-corrected chi connectivity index (χ0v) is 10.3. The number of nitrogens with two attached hydrogens (primary N) is 1. The third-order valence-electron chi connectivity index (χ3n) is 3.40. The molecule has 1 saturated heterocycles. The van der Waals surface area contributed by atoms with Crippen molar-refractivity contribution in [1.82, 2.24) is 4.90 Å². The summed E-state index contributed by atoms with van der Waals surface area (Å²) in [6.07, 6.45) is 5.29. The second-order valence-electron chi connectivity index (χ2n) is 4.76. The average Bonchev–Trinajstić information content (AvgIpc) is 2.58. The number of hydrogen-bond acceptors (Lipinski definition) is 2. The van der Waals surface area contributed by atoms with E-state index < -0.39 is 0 Å². The fourth-order valence-corrected chi connectivity index (χ4v) is 2.46. The summed E-state index contributed by atoms with van der Waals surface area (Å²) in [5, 5.41) is 7.60. The van der Waals surface area contributed by atoms with Gasteiger partial charge in [-0.2, -0.15) is 0 Å². The SMILES string of the molecule is N=C(N)c1ccccc1CN1CCCCCC1. The molecule has 0 aliphatic carbocycles. The molecule has 1 aliphatic heterocycles. The Bertz CT molecular complexity index is 379. The molecule has 0 unspecified atom stereocenters. The number of amidine groups is 1. The molecular formula is C14H21N3. The van der Waals surface area contributed by atoms with Crippen molar-refractivity contribution in [2.45, 2.75) is 32.2 Å². The Labute approximate surface area is 103 Å². The highest BCUT2D eigenvalue weighted by Crippen LogP contribution is 2.15. The molecule has 0 spiro atoms. The Morgan fingerprint density at radius 1 is 1.12 bits per heavy atom. The van der Waals surface area contributed by atoms with E-state index in [0.29, 0.717) is 0 Å². The maximum absolute atomic E-state index is 7.60. The van der Waals surface area contributed by atoms with Gasteiger partial charge < -0.3 is 5.73 Å². The molecule has 0 amide bonds. The Kier molecular flexibility index (Phi) is 4.15. The van der Waals surface area contributed by atoms with Crippen molar-refractivity contribution in [3.63, 3.8) is 0 Å². The van der Waals surface area contributed by atoms with E-state index in [0.717, 1.165) is 12.1 Å². The normalized spacial score (nSPS) is 17.6. The first-order chi connectivity index (χ1) is 8.27. The van der Waals surface area contributed by atoms with Crippen LogP contribution in [-0.4, -0.2) is 23.8 Å².